The Hall–Kier alpha value is -2.47. The molecule has 1 saturated heterocycles. The van der Waals surface area contributed by atoms with Crippen molar-refractivity contribution in [1.29, 1.82) is 0 Å². The molecule has 0 bridgehead atoms. The van der Waals surface area contributed by atoms with Crippen LogP contribution in [0, 0.1) is 0 Å². The van der Waals surface area contributed by atoms with Crippen molar-refractivity contribution in [2.24, 2.45) is 0 Å². The first kappa shape index (κ1) is 17.4. The van der Waals surface area contributed by atoms with Crippen LogP contribution in [0.4, 0.5) is 0 Å². The van der Waals surface area contributed by atoms with Crippen LogP contribution in [0.1, 0.15) is 31.1 Å². The number of amides is 1. The molecule has 1 aliphatic rings. The second-order valence-corrected chi connectivity index (χ2v) is 6.25. The van der Waals surface area contributed by atoms with Crippen LogP contribution in [0.5, 0.6) is 0 Å². The first-order valence-electron chi connectivity index (χ1n) is 8.72. The van der Waals surface area contributed by atoms with Gasteiger partial charge in [-0.1, -0.05) is 42.4 Å². The normalized spacial score (nSPS) is 16.2. The van der Waals surface area contributed by atoms with E-state index in [9.17, 15) is 4.79 Å². The van der Waals surface area contributed by atoms with Crippen molar-refractivity contribution < 1.29 is 9.32 Å². The number of allylic oxidation sites excluding steroid dienone is 1. The van der Waals surface area contributed by atoms with Gasteiger partial charge in [-0.3, -0.25) is 9.69 Å². The topological polar surface area (TPSA) is 62.5 Å². The third-order valence-corrected chi connectivity index (χ3v) is 4.43. The number of aromatic nitrogens is 2. The molecule has 25 heavy (non-hydrogen) atoms. The largest absolute Gasteiger partial charge is 0.339 e. The Labute approximate surface area is 148 Å². The van der Waals surface area contributed by atoms with Crippen LogP contribution in [-0.2, 0) is 17.8 Å². The third-order valence-electron chi connectivity index (χ3n) is 4.43. The summed E-state index contributed by atoms with van der Waals surface area (Å²) in [6.45, 7) is 7.72. The summed E-state index contributed by atoms with van der Waals surface area (Å²) in [5.41, 5.74) is 2.07. The number of carbonyl (C=O) groups is 1. The molecule has 0 saturated carbocycles. The van der Waals surface area contributed by atoms with Crippen molar-refractivity contribution in [3.63, 3.8) is 0 Å². The molecule has 0 spiro atoms. The van der Waals surface area contributed by atoms with Crippen molar-refractivity contribution in [3.8, 4) is 0 Å². The van der Waals surface area contributed by atoms with Crippen LogP contribution in [0.25, 0.3) is 5.57 Å². The van der Waals surface area contributed by atoms with Crippen LogP contribution in [0.15, 0.2) is 40.9 Å². The molecule has 1 aromatic carbocycles. The number of carbonyl (C=O) groups excluding carboxylic acids is 1. The van der Waals surface area contributed by atoms with Gasteiger partial charge in [0.2, 0.25) is 11.8 Å². The predicted molar refractivity (Wildman–Crippen MR) is 95.6 cm³/mol. The van der Waals surface area contributed by atoms with E-state index in [4.69, 9.17) is 4.52 Å². The summed E-state index contributed by atoms with van der Waals surface area (Å²) in [5.74, 6) is 1.47. The van der Waals surface area contributed by atoms with Gasteiger partial charge in [0.1, 0.15) is 0 Å². The molecule has 2 heterocycles. The lowest BCUT2D eigenvalue weighted by atomic mass is 10.1. The number of aryl methyl sites for hydroxylation is 1. The molecule has 0 atom stereocenters. The van der Waals surface area contributed by atoms with E-state index in [1.54, 1.807) is 6.08 Å². The van der Waals surface area contributed by atoms with Gasteiger partial charge in [0.15, 0.2) is 5.82 Å². The van der Waals surface area contributed by atoms with Crippen molar-refractivity contribution in [1.82, 2.24) is 19.9 Å². The summed E-state index contributed by atoms with van der Waals surface area (Å²) < 4.78 is 5.14. The molecule has 0 N–H and O–H groups in total. The van der Waals surface area contributed by atoms with E-state index < -0.39 is 0 Å². The van der Waals surface area contributed by atoms with E-state index in [1.807, 2.05) is 49.1 Å². The zero-order chi connectivity index (χ0) is 17.6. The Morgan fingerprint density at radius 3 is 2.56 bits per heavy atom. The number of rotatable bonds is 5. The van der Waals surface area contributed by atoms with Crippen LogP contribution in [0.2, 0.25) is 0 Å². The Bertz CT molecular complexity index is 731. The van der Waals surface area contributed by atoms with E-state index in [-0.39, 0.29) is 5.91 Å². The summed E-state index contributed by atoms with van der Waals surface area (Å²) >= 11 is 0. The minimum absolute atomic E-state index is 0.0776. The van der Waals surface area contributed by atoms with Gasteiger partial charge in [0.25, 0.3) is 0 Å². The number of nitrogens with zero attached hydrogens (tertiary/aromatic N) is 4. The highest BCUT2D eigenvalue weighted by Gasteiger charge is 2.21. The lowest BCUT2D eigenvalue weighted by molar-refractivity contribution is -0.127. The maximum Gasteiger partial charge on any atom is 0.246 e. The summed E-state index contributed by atoms with van der Waals surface area (Å²) in [6, 6.07) is 9.99. The highest BCUT2D eigenvalue weighted by Crippen LogP contribution is 2.14. The van der Waals surface area contributed by atoms with Crippen molar-refractivity contribution in [3.05, 3.63) is 53.7 Å². The Balaban J connectivity index is 1.52. The number of hydrogen-bond acceptors (Lipinski definition) is 5. The van der Waals surface area contributed by atoms with E-state index >= 15 is 0 Å². The van der Waals surface area contributed by atoms with Gasteiger partial charge in [0.05, 0.1) is 6.54 Å². The Morgan fingerprint density at radius 2 is 1.92 bits per heavy atom. The quantitative estimate of drug-likeness (QED) is 0.782. The lowest BCUT2D eigenvalue weighted by Gasteiger charge is -2.33. The third kappa shape index (κ3) is 4.54. The summed E-state index contributed by atoms with van der Waals surface area (Å²) in [7, 11) is 0. The molecule has 132 valence electrons. The molecule has 1 fully saturated rings. The molecular formula is C19H24N4O2. The smallest absolute Gasteiger partial charge is 0.246 e. The van der Waals surface area contributed by atoms with E-state index in [1.165, 1.54) is 0 Å². The molecule has 1 amide bonds. The second-order valence-electron chi connectivity index (χ2n) is 6.25. The number of benzene rings is 1. The average molecular weight is 340 g/mol. The predicted octanol–water partition coefficient (Wildman–Crippen LogP) is 2.38. The maximum absolute atomic E-state index is 12.5. The fraction of sp³-hybridized carbons (Fsp3) is 0.421. The number of hydrogen-bond donors (Lipinski definition) is 0. The minimum atomic E-state index is 0.0776. The average Bonchev–Trinajstić information content (AvgIpc) is 3.10. The molecule has 2 aromatic rings. The van der Waals surface area contributed by atoms with Crippen LogP contribution < -0.4 is 0 Å². The fourth-order valence-electron chi connectivity index (χ4n) is 2.89. The van der Waals surface area contributed by atoms with E-state index in [0.717, 1.165) is 49.6 Å². The molecule has 3 rings (SSSR count). The zero-order valence-corrected chi connectivity index (χ0v) is 14.8. The summed E-state index contributed by atoms with van der Waals surface area (Å²) in [6.07, 6.45) is 2.49. The molecule has 0 aliphatic carbocycles. The van der Waals surface area contributed by atoms with Crippen molar-refractivity contribution in [2.75, 3.05) is 26.2 Å². The van der Waals surface area contributed by atoms with Gasteiger partial charge in [-0.15, -0.1) is 0 Å². The van der Waals surface area contributed by atoms with Crippen LogP contribution >= 0.6 is 0 Å². The van der Waals surface area contributed by atoms with Gasteiger partial charge >= 0.3 is 0 Å². The summed E-state index contributed by atoms with van der Waals surface area (Å²) in [5, 5.41) is 3.99. The van der Waals surface area contributed by atoms with Crippen LogP contribution in [-0.4, -0.2) is 52.0 Å². The van der Waals surface area contributed by atoms with Gasteiger partial charge in [-0.05, 0) is 18.1 Å². The molecule has 6 heteroatoms. The second kappa shape index (κ2) is 8.07. The van der Waals surface area contributed by atoms with E-state index in [0.29, 0.717) is 12.4 Å². The standard InChI is InChI=1S/C19H24N4O2/c1-3-18-20-17(21-25-18)14-22-9-11-23(12-10-22)19(24)13-15(2)16-7-5-4-6-8-16/h4-8,13H,3,9-12,14H2,1-2H3. The Morgan fingerprint density at radius 1 is 1.20 bits per heavy atom. The lowest BCUT2D eigenvalue weighted by Crippen LogP contribution is -2.48. The molecule has 1 aliphatic heterocycles. The molecular weight excluding hydrogens is 316 g/mol. The first-order chi connectivity index (χ1) is 12.2. The van der Waals surface area contributed by atoms with Gasteiger partial charge < -0.3 is 9.42 Å². The van der Waals surface area contributed by atoms with Gasteiger partial charge in [-0.25, -0.2) is 0 Å². The highest BCUT2D eigenvalue weighted by molar-refractivity contribution is 5.94. The Kier molecular flexibility index (Phi) is 5.60. The van der Waals surface area contributed by atoms with Gasteiger partial charge in [0, 0.05) is 38.7 Å². The SMILES string of the molecule is CCc1nc(CN2CCN(C(=O)C=C(C)c3ccccc3)CC2)no1. The molecule has 6 nitrogen and oxygen atoms in total. The number of piperazine rings is 1. The van der Waals surface area contributed by atoms with Crippen molar-refractivity contribution in [2.45, 2.75) is 26.8 Å². The van der Waals surface area contributed by atoms with Gasteiger partial charge in [-0.2, -0.15) is 4.98 Å². The molecule has 0 unspecified atom stereocenters. The highest BCUT2D eigenvalue weighted by atomic mass is 16.5. The maximum atomic E-state index is 12.5. The monoisotopic (exact) mass is 340 g/mol. The zero-order valence-electron chi connectivity index (χ0n) is 14.8. The molecule has 0 radical (unpaired) electrons. The van der Waals surface area contributed by atoms with Crippen molar-refractivity contribution >= 4 is 11.5 Å². The van der Waals surface area contributed by atoms with Crippen LogP contribution in [0.3, 0.4) is 0 Å². The summed E-state index contributed by atoms with van der Waals surface area (Å²) in [4.78, 5) is 21.0. The van der Waals surface area contributed by atoms with E-state index in [2.05, 4.69) is 15.0 Å². The first-order valence-corrected chi connectivity index (χ1v) is 8.72. The fourth-order valence-corrected chi connectivity index (χ4v) is 2.89. The minimum Gasteiger partial charge on any atom is -0.339 e. The molecule has 1 aromatic heterocycles.